The molecule has 0 saturated carbocycles. The molecule has 1 atom stereocenters. The Bertz CT molecular complexity index is 895. The lowest BCUT2D eigenvalue weighted by Crippen LogP contribution is -2.19. The van der Waals surface area contributed by atoms with Gasteiger partial charge in [-0.1, -0.05) is 0 Å². The zero-order valence-corrected chi connectivity index (χ0v) is 13.8. The van der Waals surface area contributed by atoms with Crippen LogP contribution in [0.15, 0.2) is 29.1 Å². The Morgan fingerprint density at radius 1 is 1.32 bits per heavy atom. The van der Waals surface area contributed by atoms with Gasteiger partial charge in [0.2, 0.25) is 11.7 Å². The summed E-state index contributed by atoms with van der Waals surface area (Å²) in [7, 11) is 0. The second-order valence-corrected chi connectivity index (χ2v) is 5.80. The standard InChI is InChI=1S/C17H18N4O4/c1-2-23-17(22)13-10-19-16(25-13)12-7-11-9-20-21(15(11)18-8-12)14-5-3-4-6-24-14/h7-10,14H,2-6H2,1H3. The molecule has 1 unspecified atom stereocenters. The number of esters is 1. The summed E-state index contributed by atoms with van der Waals surface area (Å²) in [6.45, 7) is 2.77. The highest BCUT2D eigenvalue weighted by atomic mass is 16.5. The van der Waals surface area contributed by atoms with Crippen LogP contribution < -0.4 is 0 Å². The van der Waals surface area contributed by atoms with E-state index in [0.717, 1.165) is 36.9 Å². The van der Waals surface area contributed by atoms with Gasteiger partial charge >= 0.3 is 5.97 Å². The van der Waals surface area contributed by atoms with E-state index in [4.69, 9.17) is 13.9 Å². The highest BCUT2D eigenvalue weighted by Gasteiger charge is 2.20. The fraction of sp³-hybridized carbons (Fsp3) is 0.412. The van der Waals surface area contributed by atoms with Crippen molar-refractivity contribution in [3.05, 3.63) is 30.4 Å². The molecule has 0 N–H and O–H groups in total. The first-order chi connectivity index (χ1) is 12.3. The highest BCUT2D eigenvalue weighted by Crippen LogP contribution is 2.27. The van der Waals surface area contributed by atoms with E-state index in [2.05, 4.69) is 15.1 Å². The minimum atomic E-state index is -0.530. The maximum atomic E-state index is 11.7. The summed E-state index contributed by atoms with van der Waals surface area (Å²) in [5.41, 5.74) is 1.43. The summed E-state index contributed by atoms with van der Waals surface area (Å²) < 4.78 is 18.0. The van der Waals surface area contributed by atoms with Crippen molar-refractivity contribution >= 4 is 17.0 Å². The van der Waals surface area contributed by atoms with Crippen molar-refractivity contribution in [2.45, 2.75) is 32.4 Å². The number of aromatic nitrogens is 4. The fourth-order valence-electron chi connectivity index (χ4n) is 2.89. The molecule has 25 heavy (non-hydrogen) atoms. The number of nitrogens with zero attached hydrogens (tertiary/aromatic N) is 4. The van der Waals surface area contributed by atoms with Crippen LogP contribution in [0.1, 0.15) is 43.0 Å². The van der Waals surface area contributed by atoms with Gasteiger partial charge in [-0.05, 0) is 32.3 Å². The molecule has 4 rings (SSSR count). The number of hydrogen-bond acceptors (Lipinski definition) is 7. The van der Waals surface area contributed by atoms with Gasteiger partial charge in [0.05, 0.1) is 24.6 Å². The molecule has 0 aromatic carbocycles. The topological polar surface area (TPSA) is 92.3 Å². The number of hydrogen-bond donors (Lipinski definition) is 0. The summed E-state index contributed by atoms with van der Waals surface area (Å²) in [5.74, 6) is -0.139. The van der Waals surface area contributed by atoms with Gasteiger partial charge in [-0.15, -0.1) is 0 Å². The molecule has 0 aliphatic carbocycles. The van der Waals surface area contributed by atoms with Crippen LogP contribution >= 0.6 is 0 Å². The lowest BCUT2D eigenvalue weighted by molar-refractivity contribution is -0.0370. The van der Waals surface area contributed by atoms with Crippen molar-refractivity contribution in [2.24, 2.45) is 0 Å². The third kappa shape index (κ3) is 3.00. The Morgan fingerprint density at radius 3 is 3.04 bits per heavy atom. The van der Waals surface area contributed by atoms with Crippen LogP contribution in [0.25, 0.3) is 22.5 Å². The SMILES string of the molecule is CCOC(=O)c1cnc(-c2cnc3c(cnn3C3CCCCO3)c2)o1. The molecule has 8 heteroatoms. The monoisotopic (exact) mass is 342 g/mol. The fourth-order valence-corrected chi connectivity index (χ4v) is 2.89. The van der Waals surface area contributed by atoms with Gasteiger partial charge < -0.3 is 13.9 Å². The van der Waals surface area contributed by atoms with Gasteiger partial charge in [0, 0.05) is 18.2 Å². The molecule has 1 aliphatic heterocycles. The van der Waals surface area contributed by atoms with Gasteiger partial charge in [-0.25, -0.2) is 19.4 Å². The number of pyridine rings is 1. The van der Waals surface area contributed by atoms with E-state index in [1.54, 1.807) is 19.3 Å². The number of rotatable bonds is 4. The van der Waals surface area contributed by atoms with Crippen LogP contribution in [0.4, 0.5) is 0 Å². The quantitative estimate of drug-likeness (QED) is 0.673. The second kappa shape index (κ2) is 6.64. The summed E-state index contributed by atoms with van der Waals surface area (Å²) >= 11 is 0. The first-order valence-corrected chi connectivity index (χ1v) is 8.34. The van der Waals surface area contributed by atoms with E-state index in [-0.39, 0.29) is 18.6 Å². The van der Waals surface area contributed by atoms with Crippen LogP contribution in [0.3, 0.4) is 0 Å². The van der Waals surface area contributed by atoms with E-state index in [1.165, 1.54) is 6.20 Å². The van der Waals surface area contributed by atoms with Gasteiger partial charge in [0.15, 0.2) is 11.9 Å². The summed E-state index contributed by atoms with van der Waals surface area (Å²) in [6, 6.07) is 1.88. The van der Waals surface area contributed by atoms with Crippen molar-refractivity contribution < 1.29 is 18.7 Å². The van der Waals surface area contributed by atoms with Crippen LogP contribution in [0.2, 0.25) is 0 Å². The number of carbonyl (C=O) groups is 1. The molecule has 0 spiro atoms. The Labute approximate surface area is 143 Å². The van der Waals surface area contributed by atoms with Gasteiger partial charge in [-0.3, -0.25) is 0 Å². The van der Waals surface area contributed by atoms with Crippen molar-refractivity contribution in [3.8, 4) is 11.5 Å². The minimum Gasteiger partial charge on any atom is -0.460 e. The van der Waals surface area contributed by atoms with Gasteiger partial charge in [-0.2, -0.15) is 5.10 Å². The third-order valence-electron chi connectivity index (χ3n) is 4.09. The molecule has 1 aliphatic rings. The zero-order valence-electron chi connectivity index (χ0n) is 13.8. The first-order valence-electron chi connectivity index (χ1n) is 8.34. The molecule has 0 radical (unpaired) electrons. The predicted molar refractivity (Wildman–Crippen MR) is 87.8 cm³/mol. The molecule has 1 saturated heterocycles. The van der Waals surface area contributed by atoms with E-state index >= 15 is 0 Å². The molecule has 1 fully saturated rings. The normalized spacial score (nSPS) is 17.7. The Hall–Kier alpha value is -2.74. The molecular formula is C17H18N4O4. The molecule has 8 nitrogen and oxygen atoms in total. The second-order valence-electron chi connectivity index (χ2n) is 5.80. The molecule has 0 amide bonds. The van der Waals surface area contributed by atoms with Crippen molar-refractivity contribution in [2.75, 3.05) is 13.2 Å². The van der Waals surface area contributed by atoms with Crippen LogP contribution in [-0.4, -0.2) is 38.9 Å². The van der Waals surface area contributed by atoms with Crippen LogP contribution in [0.5, 0.6) is 0 Å². The minimum absolute atomic E-state index is 0.0678. The van der Waals surface area contributed by atoms with Gasteiger partial charge in [0.25, 0.3) is 0 Å². The average Bonchev–Trinajstić information content (AvgIpc) is 3.29. The van der Waals surface area contributed by atoms with Crippen LogP contribution in [0, 0.1) is 0 Å². The van der Waals surface area contributed by atoms with E-state index in [9.17, 15) is 4.79 Å². The van der Waals surface area contributed by atoms with Crippen molar-refractivity contribution in [1.82, 2.24) is 19.7 Å². The molecule has 4 heterocycles. The molecule has 3 aromatic heterocycles. The smallest absolute Gasteiger partial charge is 0.375 e. The number of carbonyl (C=O) groups excluding carboxylic acids is 1. The summed E-state index contributed by atoms with van der Waals surface area (Å²) in [6.07, 6.45) is 7.84. The number of ether oxygens (including phenoxy) is 2. The van der Waals surface area contributed by atoms with Gasteiger partial charge in [0.1, 0.15) is 0 Å². The first kappa shape index (κ1) is 15.8. The number of fused-ring (bicyclic) bond motifs is 1. The maximum Gasteiger partial charge on any atom is 0.375 e. The Kier molecular flexibility index (Phi) is 4.19. The Morgan fingerprint density at radius 2 is 2.24 bits per heavy atom. The van der Waals surface area contributed by atoms with Crippen LogP contribution in [-0.2, 0) is 9.47 Å². The predicted octanol–water partition coefficient (Wildman–Crippen LogP) is 2.96. The molecule has 130 valence electrons. The molecule has 0 bridgehead atoms. The number of oxazole rings is 1. The summed E-state index contributed by atoms with van der Waals surface area (Å²) in [5, 5.41) is 5.28. The molecular weight excluding hydrogens is 324 g/mol. The average molecular weight is 342 g/mol. The maximum absolute atomic E-state index is 11.7. The highest BCUT2D eigenvalue weighted by molar-refractivity contribution is 5.86. The largest absolute Gasteiger partial charge is 0.460 e. The lowest BCUT2D eigenvalue weighted by Gasteiger charge is -2.22. The molecule has 3 aromatic rings. The van der Waals surface area contributed by atoms with Crippen molar-refractivity contribution in [1.29, 1.82) is 0 Å². The summed E-state index contributed by atoms with van der Waals surface area (Å²) in [4.78, 5) is 20.3. The van der Waals surface area contributed by atoms with E-state index in [1.807, 2.05) is 10.7 Å². The van der Waals surface area contributed by atoms with E-state index < -0.39 is 5.97 Å². The van der Waals surface area contributed by atoms with E-state index in [0.29, 0.717) is 11.5 Å². The lowest BCUT2D eigenvalue weighted by atomic mass is 10.2. The van der Waals surface area contributed by atoms with Crippen molar-refractivity contribution in [3.63, 3.8) is 0 Å². The third-order valence-corrected chi connectivity index (χ3v) is 4.09. The Balaban J connectivity index is 1.62. The zero-order chi connectivity index (χ0) is 17.2.